The monoisotopic (exact) mass is 652 g/mol. The molecule has 2 aromatic carbocycles. The number of nitrogens with zero attached hydrogens (tertiary/aromatic N) is 2. The maximum Gasteiger partial charge on any atom is 0.325 e. The minimum Gasteiger partial charge on any atom is -0.481 e. The van der Waals surface area contributed by atoms with Gasteiger partial charge in [-0.15, -0.1) is 0 Å². The number of benzene rings is 2. The molecule has 2 saturated carbocycles. The molecule has 0 unspecified atom stereocenters. The lowest BCUT2D eigenvalue weighted by Crippen LogP contribution is -2.55. The molecular weight excluding hydrogens is 608 g/mol. The Labute approximate surface area is 270 Å². The fourth-order valence-electron chi connectivity index (χ4n) is 6.15. The van der Waals surface area contributed by atoms with E-state index in [2.05, 4.69) is 15.5 Å². The molecule has 2 aromatic rings. The first-order chi connectivity index (χ1) is 21.9. The van der Waals surface area contributed by atoms with Gasteiger partial charge in [0.15, 0.2) is 9.84 Å². The quantitative estimate of drug-likeness (QED) is 0.309. The van der Waals surface area contributed by atoms with Crippen molar-refractivity contribution in [2.75, 3.05) is 25.9 Å². The van der Waals surface area contributed by atoms with Gasteiger partial charge in [-0.2, -0.15) is 0 Å². The van der Waals surface area contributed by atoms with Crippen LogP contribution in [-0.4, -0.2) is 78.6 Å². The summed E-state index contributed by atoms with van der Waals surface area (Å²) in [5.41, 5.74) is 0.877. The molecule has 1 spiro atoms. The van der Waals surface area contributed by atoms with E-state index in [4.69, 9.17) is 5.11 Å². The van der Waals surface area contributed by atoms with Crippen molar-refractivity contribution in [1.82, 2.24) is 20.4 Å². The zero-order valence-electron chi connectivity index (χ0n) is 26.3. The molecular formula is C34H44N4O7S. The summed E-state index contributed by atoms with van der Waals surface area (Å²) >= 11 is 0. The van der Waals surface area contributed by atoms with E-state index in [9.17, 15) is 27.6 Å². The molecule has 0 radical (unpaired) electrons. The van der Waals surface area contributed by atoms with Crippen LogP contribution in [0.1, 0.15) is 75.0 Å². The van der Waals surface area contributed by atoms with Gasteiger partial charge in [0, 0.05) is 32.3 Å². The SMILES string of the molecule is CS(=O)(=O)c1ccc(CN2C(=O)NC3(CCN(CC[C@H](NC(=O)CC4CC4)c4ccccc4)CC3)C2=O)cc1.O=C(O)C1CCC1. The van der Waals surface area contributed by atoms with E-state index in [0.29, 0.717) is 43.8 Å². The number of carboxylic acid groups (broad SMARTS) is 1. The minimum absolute atomic E-state index is 0.000000000000000444. The fraction of sp³-hybridized carbons (Fsp3) is 0.529. The molecule has 1 atom stereocenters. The van der Waals surface area contributed by atoms with Crippen LogP contribution in [0, 0.1) is 11.8 Å². The van der Waals surface area contributed by atoms with Gasteiger partial charge in [0.25, 0.3) is 5.91 Å². The highest BCUT2D eigenvalue weighted by Gasteiger charge is 2.52. The highest BCUT2D eigenvalue weighted by molar-refractivity contribution is 7.90. The second-order valence-corrected chi connectivity index (χ2v) is 15.1. The van der Waals surface area contributed by atoms with Gasteiger partial charge in [-0.05, 0) is 74.1 Å². The molecule has 6 rings (SSSR count). The van der Waals surface area contributed by atoms with E-state index >= 15 is 0 Å². The molecule has 3 N–H and O–H groups in total. The molecule has 4 amide bonds. The lowest BCUT2D eigenvalue weighted by Gasteiger charge is -2.37. The lowest BCUT2D eigenvalue weighted by atomic mass is 9.86. The molecule has 11 nitrogen and oxygen atoms in total. The van der Waals surface area contributed by atoms with Crippen molar-refractivity contribution in [2.45, 2.75) is 80.8 Å². The van der Waals surface area contributed by atoms with Crippen molar-refractivity contribution >= 4 is 33.7 Å². The zero-order chi connectivity index (χ0) is 32.9. The number of amides is 4. The highest BCUT2D eigenvalue weighted by atomic mass is 32.2. The number of urea groups is 1. The summed E-state index contributed by atoms with van der Waals surface area (Å²) in [6, 6.07) is 15.8. The van der Waals surface area contributed by atoms with E-state index in [1.54, 1.807) is 12.1 Å². The van der Waals surface area contributed by atoms with E-state index in [-0.39, 0.29) is 35.2 Å². The normalized spacial score (nSPS) is 20.3. The van der Waals surface area contributed by atoms with Crippen LogP contribution in [-0.2, 0) is 30.8 Å². The van der Waals surface area contributed by atoms with Crippen LogP contribution in [0.2, 0.25) is 0 Å². The van der Waals surface area contributed by atoms with Gasteiger partial charge >= 0.3 is 12.0 Å². The molecule has 46 heavy (non-hydrogen) atoms. The lowest BCUT2D eigenvalue weighted by molar-refractivity contribution is -0.144. The number of sulfone groups is 1. The first-order valence-corrected chi connectivity index (χ1v) is 18.1. The third-order valence-electron chi connectivity index (χ3n) is 9.54. The summed E-state index contributed by atoms with van der Waals surface area (Å²) in [5, 5.41) is 14.4. The number of aliphatic carboxylic acids is 1. The van der Waals surface area contributed by atoms with Gasteiger partial charge in [0.1, 0.15) is 5.54 Å². The Bertz CT molecular complexity index is 1510. The van der Waals surface area contributed by atoms with Crippen LogP contribution in [0.3, 0.4) is 0 Å². The molecule has 2 saturated heterocycles. The molecule has 2 heterocycles. The number of hydrogen-bond donors (Lipinski definition) is 3. The summed E-state index contributed by atoms with van der Waals surface area (Å²) in [6.45, 7) is 2.21. The zero-order valence-corrected chi connectivity index (χ0v) is 27.1. The number of hydrogen-bond acceptors (Lipinski definition) is 7. The van der Waals surface area contributed by atoms with Gasteiger partial charge in [0.05, 0.1) is 23.4 Å². The largest absolute Gasteiger partial charge is 0.481 e. The van der Waals surface area contributed by atoms with Crippen LogP contribution < -0.4 is 10.6 Å². The van der Waals surface area contributed by atoms with E-state index < -0.39 is 27.4 Å². The summed E-state index contributed by atoms with van der Waals surface area (Å²) in [4.78, 5) is 52.4. The molecule has 248 valence electrons. The van der Waals surface area contributed by atoms with Gasteiger partial charge in [-0.25, -0.2) is 13.2 Å². The summed E-state index contributed by atoms with van der Waals surface area (Å²) in [5.74, 6) is -0.209. The van der Waals surface area contributed by atoms with Crippen LogP contribution in [0.15, 0.2) is 59.5 Å². The molecule has 12 heteroatoms. The number of rotatable bonds is 11. The van der Waals surface area contributed by atoms with E-state index in [1.165, 1.54) is 17.0 Å². The molecule has 4 aliphatic rings. The average molecular weight is 653 g/mol. The third-order valence-corrected chi connectivity index (χ3v) is 10.7. The Morgan fingerprint density at radius 1 is 1.00 bits per heavy atom. The molecule has 4 fully saturated rings. The van der Waals surface area contributed by atoms with Crippen molar-refractivity contribution in [2.24, 2.45) is 11.8 Å². The second kappa shape index (κ2) is 14.3. The summed E-state index contributed by atoms with van der Waals surface area (Å²) in [6.07, 6.45) is 8.72. The fourth-order valence-corrected chi connectivity index (χ4v) is 6.78. The Balaban J connectivity index is 0.000000527. The maximum absolute atomic E-state index is 13.4. The van der Waals surface area contributed by atoms with Crippen molar-refractivity contribution in [3.63, 3.8) is 0 Å². The molecule has 2 aliphatic carbocycles. The predicted octanol–water partition coefficient (Wildman–Crippen LogP) is 3.90. The molecule has 2 aliphatic heterocycles. The number of carbonyl (C=O) groups is 4. The number of imide groups is 1. The summed E-state index contributed by atoms with van der Waals surface area (Å²) < 4.78 is 23.4. The third kappa shape index (κ3) is 8.52. The minimum atomic E-state index is -3.32. The number of likely N-dealkylation sites (tertiary alicyclic amines) is 1. The van der Waals surface area contributed by atoms with Crippen LogP contribution in [0.25, 0.3) is 0 Å². The van der Waals surface area contributed by atoms with E-state index in [1.807, 2.05) is 30.3 Å². The molecule has 0 aromatic heterocycles. The molecule has 0 bridgehead atoms. The number of carbonyl (C=O) groups excluding carboxylic acids is 3. The van der Waals surface area contributed by atoms with Gasteiger partial charge in [-0.3, -0.25) is 19.3 Å². The first-order valence-electron chi connectivity index (χ1n) is 16.2. The van der Waals surface area contributed by atoms with Gasteiger partial charge in [-0.1, -0.05) is 48.9 Å². The Morgan fingerprint density at radius 2 is 1.65 bits per heavy atom. The smallest absolute Gasteiger partial charge is 0.325 e. The summed E-state index contributed by atoms with van der Waals surface area (Å²) in [7, 11) is -3.32. The van der Waals surface area contributed by atoms with Crippen molar-refractivity contribution < 1.29 is 32.7 Å². The van der Waals surface area contributed by atoms with Crippen molar-refractivity contribution in [3.05, 3.63) is 65.7 Å². The van der Waals surface area contributed by atoms with Crippen molar-refractivity contribution in [3.8, 4) is 0 Å². The predicted molar refractivity (Wildman–Crippen MR) is 171 cm³/mol. The van der Waals surface area contributed by atoms with Crippen LogP contribution in [0.5, 0.6) is 0 Å². The van der Waals surface area contributed by atoms with Crippen molar-refractivity contribution in [1.29, 1.82) is 0 Å². The Kier molecular flexibility index (Phi) is 10.5. The Hall–Kier alpha value is -3.77. The van der Waals surface area contributed by atoms with Gasteiger partial charge in [0.2, 0.25) is 5.91 Å². The number of carboxylic acids is 1. The standard InChI is InChI=1S/C29H36N4O5S.C5H8O2/c1-39(37,38)24-11-9-22(10-12-24)20-33-27(35)29(31-28(33)36)14-17-32(18-15-29)16-13-25(23-5-3-2-4-6-23)30-26(34)19-21-7-8-21;6-5(7)4-2-1-3-4/h2-6,9-12,21,25H,7-8,13-20H2,1H3,(H,30,34)(H,31,36);4H,1-3H2,(H,6,7)/t25-;/m0./s1. The number of nitrogens with one attached hydrogen (secondary N) is 2. The Morgan fingerprint density at radius 3 is 2.17 bits per heavy atom. The number of piperidine rings is 1. The highest BCUT2D eigenvalue weighted by Crippen LogP contribution is 2.33. The first kappa shape index (κ1) is 33.6. The average Bonchev–Trinajstić information content (AvgIpc) is 3.78. The van der Waals surface area contributed by atoms with Crippen LogP contribution in [0.4, 0.5) is 4.79 Å². The van der Waals surface area contributed by atoms with Gasteiger partial charge < -0.3 is 20.6 Å². The maximum atomic E-state index is 13.4. The second-order valence-electron chi connectivity index (χ2n) is 13.1. The van der Waals surface area contributed by atoms with E-state index in [0.717, 1.165) is 56.9 Å². The topological polar surface area (TPSA) is 153 Å². The van der Waals surface area contributed by atoms with Crippen LogP contribution >= 0.6 is 0 Å².